The van der Waals surface area contributed by atoms with E-state index in [-0.39, 0.29) is 0 Å². The molecule has 8 aromatic carbocycles. The molecule has 2 nitrogen and oxygen atoms in total. The van der Waals surface area contributed by atoms with Crippen molar-refractivity contribution in [1.29, 1.82) is 0 Å². The molecule has 10 aromatic rings. The van der Waals surface area contributed by atoms with Gasteiger partial charge in [-0.05, 0) is 94.4 Å². The van der Waals surface area contributed by atoms with Crippen molar-refractivity contribution >= 4 is 81.3 Å². The Kier molecular flexibility index (Phi) is 6.39. The summed E-state index contributed by atoms with van der Waals surface area (Å²) in [5, 5.41) is 7.21. The van der Waals surface area contributed by atoms with Crippen molar-refractivity contribution in [2.24, 2.45) is 0 Å². The highest BCUT2D eigenvalue weighted by atomic mass is 32.1. The Balaban J connectivity index is 1.06. The van der Waals surface area contributed by atoms with Crippen LogP contribution in [0.5, 0.6) is 0 Å². The second kappa shape index (κ2) is 11.2. The van der Waals surface area contributed by atoms with Gasteiger partial charge in [0, 0.05) is 53.4 Å². The summed E-state index contributed by atoms with van der Waals surface area (Å²) < 4.78 is 9.11. The van der Waals surface area contributed by atoms with Crippen LogP contribution in [0.15, 0.2) is 180 Å². The Labute approximate surface area is 287 Å². The molecule has 0 amide bonds. The Morgan fingerprint density at radius 2 is 0.959 bits per heavy atom. The van der Waals surface area contributed by atoms with Gasteiger partial charge >= 0.3 is 0 Å². The van der Waals surface area contributed by atoms with Crippen molar-refractivity contribution < 1.29 is 4.42 Å². The standard InChI is InChI=1S/C46H29NOS/c1-2-8-30(9-3-1)31-14-20-35(21-15-31)47(37-24-27-45-42(29-37)40-12-6-7-13-44(40)49-45)36-22-16-32(17-23-36)34-19-25-39-41-26-18-33-10-4-5-11-38(33)46(41)48-43(39)28-34/h1-29H. The summed E-state index contributed by atoms with van der Waals surface area (Å²) in [5.74, 6) is 0. The first-order chi connectivity index (χ1) is 24.3. The third kappa shape index (κ3) is 4.70. The number of thiophene rings is 1. The van der Waals surface area contributed by atoms with Crippen LogP contribution < -0.4 is 4.90 Å². The second-order valence-corrected chi connectivity index (χ2v) is 13.6. The van der Waals surface area contributed by atoms with Gasteiger partial charge in [0.15, 0.2) is 0 Å². The molecular formula is C46H29NOS. The van der Waals surface area contributed by atoms with Crippen molar-refractivity contribution in [2.75, 3.05) is 4.90 Å². The first-order valence-corrected chi connectivity index (χ1v) is 17.4. The predicted molar refractivity (Wildman–Crippen MR) is 210 cm³/mol. The zero-order valence-electron chi connectivity index (χ0n) is 26.5. The van der Waals surface area contributed by atoms with Crippen LogP contribution in [0.3, 0.4) is 0 Å². The minimum absolute atomic E-state index is 0.907. The second-order valence-electron chi connectivity index (χ2n) is 12.6. The average molecular weight is 644 g/mol. The monoisotopic (exact) mass is 643 g/mol. The third-order valence-corrected chi connectivity index (χ3v) is 10.8. The molecule has 0 aliphatic carbocycles. The number of fused-ring (bicyclic) bond motifs is 8. The maximum absolute atomic E-state index is 6.50. The zero-order chi connectivity index (χ0) is 32.3. The third-order valence-electron chi connectivity index (χ3n) is 9.67. The van der Waals surface area contributed by atoms with E-state index < -0.39 is 0 Å². The molecule has 0 spiro atoms. The predicted octanol–water partition coefficient (Wildman–Crippen LogP) is 13.9. The van der Waals surface area contributed by atoms with Crippen LogP contribution in [-0.4, -0.2) is 0 Å². The molecule has 49 heavy (non-hydrogen) atoms. The van der Waals surface area contributed by atoms with E-state index in [2.05, 4.69) is 181 Å². The van der Waals surface area contributed by atoms with Crippen LogP contribution in [0, 0.1) is 0 Å². The summed E-state index contributed by atoms with van der Waals surface area (Å²) in [6, 6.07) is 63.2. The van der Waals surface area contributed by atoms with Gasteiger partial charge in [-0.2, -0.15) is 0 Å². The van der Waals surface area contributed by atoms with Crippen molar-refractivity contribution in [1.82, 2.24) is 0 Å². The lowest BCUT2D eigenvalue weighted by molar-refractivity contribution is 0.673. The molecule has 2 heterocycles. The molecule has 0 atom stereocenters. The van der Waals surface area contributed by atoms with E-state index in [0.29, 0.717) is 0 Å². The first-order valence-electron chi connectivity index (χ1n) is 16.6. The van der Waals surface area contributed by atoms with Crippen LogP contribution in [0.2, 0.25) is 0 Å². The maximum atomic E-state index is 6.50. The molecule has 0 radical (unpaired) electrons. The zero-order valence-corrected chi connectivity index (χ0v) is 27.3. The largest absolute Gasteiger partial charge is 0.455 e. The van der Waals surface area contributed by atoms with E-state index in [1.165, 1.54) is 36.7 Å². The SMILES string of the molecule is c1ccc(-c2ccc(N(c3ccc(-c4ccc5c(c4)oc4c6ccccc6ccc54)cc3)c3ccc4sc5ccccc5c4c3)cc2)cc1. The van der Waals surface area contributed by atoms with Crippen LogP contribution in [0.1, 0.15) is 0 Å². The fraction of sp³-hybridized carbons (Fsp3) is 0. The number of rotatable bonds is 5. The molecule has 0 saturated heterocycles. The molecule has 0 bridgehead atoms. The van der Waals surface area contributed by atoms with Gasteiger partial charge in [0.25, 0.3) is 0 Å². The Bertz CT molecular complexity index is 2810. The Morgan fingerprint density at radius 1 is 0.367 bits per heavy atom. The van der Waals surface area contributed by atoms with Crippen LogP contribution >= 0.6 is 11.3 Å². The number of nitrogens with zero attached hydrogens (tertiary/aromatic N) is 1. The van der Waals surface area contributed by atoms with Gasteiger partial charge in [0.05, 0.1) is 0 Å². The minimum atomic E-state index is 0.907. The summed E-state index contributed by atoms with van der Waals surface area (Å²) >= 11 is 1.85. The summed E-state index contributed by atoms with van der Waals surface area (Å²) in [5.41, 5.74) is 9.90. The Hall–Kier alpha value is -6.16. The number of hydrogen-bond acceptors (Lipinski definition) is 3. The van der Waals surface area contributed by atoms with Crippen LogP contribution in [0.25, 0.3) is 75.1 Å². The molecule has 0 N–H and O–H groups in total. The molecule has 230 valence electrons. The number of hydrogen-bond donors (Lipinski definition) is 0. The summed E-state index contributed by atoms with van der Waals surface area (Å²) in [7, 11) is 0. The normalized spacial score (nSPS) is 11.7. The number of benzene rings is 8. The summed E-state index contributed by atoms with van der Waals surface area (Å²) in [6.45, 7) is 0. The smallest absolute Gasteiger partial charge is 0.143 e. The quantitative estimate of drug-likeness (QED) is 0.186. The highest BCUT2D eigenvalue weighted by molar-refractivity contribution is 7.25. The molecule has 3 heteroatoms. The highest BCUT2D eigenvalue weighted by Crippen LogP contribution is 2.42. The lowest BCUT2D eigenvalue weighted by atomic mass is 10.0. The van der Waals surface area contributed by atoms with Gasteiger partial charge in [0.2, 0.25) is 0 Å². The van der Waals surface area contributed by atoms with Gasteiger partial charge in [-0.1, -0.05) is 109 Å². The van der Waals surface area contributed by atoms with Crippen LogP contribution in [0.4, 0.5) is 17.1 Å². The van der Waals surface area contributed by atoms with Crippen molar-refractivity contribution in [2.45, 2.75) is 0 Å². The van der Waals surface area contributed by atoms with E-state index in [9.17, 15) is 0 Å². The minimum Gasteiger partial charge on any atom is -0.455 e. The van der Waals surface area contributed by atoms with E-state index in [4.69, 9.17) is 4.42 Å². The highest BCUT2D eigenvalue weighted by Gasteiger charge is 2.16. The lowest BCUT2D eigenvalue weighted by Gasteiger charge is -2.26. The van der Waals surface area contributed by atoms with Gasteiger partial charge in [0.1, 0.15) is 11.2 Å². The van der Waals surface area contributed by atoms with Gasteiger partial charge in [-0.25, -0.2) is 0 Å². The van der Waals surface area contributed by atoms with Crippen molar-refractivity contribution in [3.8, 4) is 22.3 Å². The molecule has 0 unspecified atom stereocenters. The molecule has 0 aliphatic heterocycles. The van der Waals surface area contributed by atoms with E-state index in [1.807, 2.05) is 11.3 Å². The van der Waals surface area contributed by atoms with Gasteiger partial charge in [-0.15, -0.1) is 11.3 Å². The molecular weight excluding hydrogens is 615 g/mol. The van der Waals surface area contributed by atoms with Crippen LogP contribution in [-0.2, 0) is 0 Å². The van der Waals surface area contributed by atoms with Crippen molar-refractivity contribution in [3.05, 3.63) is 176 Å². The summed E-state index contributed by atoms with van der Waals surface area (Å²) in [4.78, 5) is 2.36. The van der Waals surface area contributed by atoms with Crippen molar-refractivity contribution in [3.63, 3.8) is 0 Å². The van der Waals surface area contributed by atoms with E-state index in [0.717, 1.165) is 55.5 Å². The fourth-order valence-corrected chi connectivity index (χ4v) is 8.31. The molecule has 0 saturated carbocycles. The van der Waals surface area contributed by atoms with Gasteiger partial charge in [-0.3, -0.25) is 0 Å². The van der Waals surface area contributed by atoms with E-state index >= 15 is 0 Å². The maximum Gasteiger partial charge on any atom is 0.143 e. The first kappa shape index (κ1) is 27.9. The number of furan rings is 1. The molecule has 2 aromatic heterocycles. The molecule has 0 fully saturated rings. The topological polar surface area (TPSA) is 16.4 Å². The Morgan fingerprint density at radius 3 is 1.76 bits per heavy atom. The number of anilines is 3. The molecule has 10 rings (SSSR count). The average Bonchev–Trinajstić information content (AvgIpc) is 3.74. The fourth-order valence-electron chi connectivity index (χ4n) is 7.22. The van der Waals surface area contributed by atoms with Gasteiger partial charge < -0.3 is 9.32 Å². The molecule has 0 aliphatic rings. The summed E-state index contributed by atoms with van der Waals surface area (Å²) in [6.07, 6.45) is 0. The lowest BCUT2D eigenvalue weighted by Crippen LogP contribution is -2.09. The van der Waals surface area contributed by atoms with E-state index in [1.54, 1.807) is 0 Å².